The van der Waals surface area contributed by atoms with Crippen LogP contribution in [0.15, 0.2) is 34.7 Å². The normalized spacial score (nSPS) is 15.9. The highest BCUT2D eigenvalue weighted by Gasteiger charge is 2.26. The number of unbranched alkanes of at least 4 members (excludes halogenated alkanes) is 1. The number of anilines is 1. The summed E-state index contributed by atoms with van der Waals surface area (Å²) < 4.78 is 2.04. The number of ketones is 1. The first-order chi connectivity index (χ1) is 9.61. The molecule has 0 aromatic heterocycles. The average molecular weight is 291 g/mol. The monoisotopic (exact) mass is 291 g/mol. The van der Waals surface area contributed by atoms with Crippen LogP contribution in [0, 0.1) is 0 Å². The van der Waals surface area contributed by atoms with Gasteiger partial charge in [-0.2, -0.15) is 4.41 Å². The number of nitrogens with zero attached hydrogens (tertiary/aromatic N) is 1. The zero-order chi connectivity index (χ0) is 14.5. The third-order valence-corrected chi connectivity index (χ3v) is 4.36. The van der Waals surface area contributed by atoms with Crippen LogP contribution in [-0.4, -0.2) is 23.3 Å². The summed E-state index contributed by atoms with van der Waals surface area (Å²) in [5, 5.41) is 0. The lowest BCUT2D eigenvalue weighted by atomic mass is 10.1. The Kier molecular flexibility index (Phi) is 5.23. The van der Waals surface area contributed by atoms with Crippen molar-refractivity contribution < 1.29 is 4.79 Å². The van der Waals surface area contributed by atoms with E-state index in [2.05, 4.69) is 12.3 Å². The number of hydrogen-bond donors (Lipinski definition) is 2. The summed E-state index contributed by atoms with van der Waals surface area (Å²) in [5.74, 6) is 0.0762. The van der Waals surface area contributed by atoms with Crippen LogP contribution in [0.1, 0.15) is 37.0 Å². The van der Waals surface area contributed by atoms with Crippen LogP contribution in [0.3, 0.4) is 0 Å². The molecule has 0 atom stereocenters. The third kappa shape index (κ3) is 3.62. The van der Waals surface area contributed by atoms with Gasteiger partial charge in [0.05, 0.1) is 4.91 Å². The maximum absolute atomic E-state index is 12.5. The summed E-state index contributed by atoms with van der Waals surface area (Å²) in [5.41, 5.74) is 11.5. The summed E-state index contributed by atoms with van der Waals surface area (Å²) in [6.45, 7) is 5.90. The molecule has 2 rings (SSSR count). The van der Waals surface area contributed by atoms with Crippen LogP contribution in [0.5, 0.6) is 0 Å². The van der Waals surface area contributed by atoms with Gasteiger partial charge in [0, 0.05) is 24.3 Å². The van der Waals surface area contributed by atoms with Crippen LogP contribution in [0.25, 0.3) is 0 Å². The first-order valence-electron chi connectivity index (χ1n) is 6.90. The highest BCUT2D eigenvalue weighted by molar-refractivity contribution is 8.02. The van der Waals surface area contributed by atoms with E-state index >= 15 is 0 Å². The smallest absolute Gasteiger partial charge is 0.200 e. The topological polar surface area (TPSA) is 58.4 Å². The minimum Gasteiger partial charge on any atom is -0.399 e. The lowest BCUT2D eigenvalue weighted by Crippen LogP contribution is -2.31. The molecule has 0 unspecified atom stereocenters. The molecule has 0 aliphatic carbocycles. The summed E-state index contributed by atoms with van der Waals surface area (Å²) in [4.78, 5) is 13.3. The molecule has 20 heavy (non-hydrogen) atoms. The molecule has 1 aliphatic heterocycles. The minimum atomic E-state index is 0.0762. The zero-order valence-electron chi connectivity index (χ0n) is 12.0. The molecule has 1 aromatic rings. The van der Waals surface area contributed by atoms with E-state index in [9.17, 15) is 4.79 Å². The number of nitrogen functional groups attached to an aromatic ring is 1. The largest absolute Gasteiger partial charge is 0.399 e. The van der Waals surface area contributed by atoms with E-state index < -0.39 is 0 Å². The molecular weight excluding hydrogens is 270 g/mol. The lowest BCUT2D eigenvalue weighted by molar-refractivity contribution is 0.104. The fourth-order valence-electron chi connectivity index (χ4n) is 1.98. The molecular formula is C15H21N3OS. The predicted molar refractivity (Wildman–Crippen MR) is 85.1 cm³/mol. The number of rotatable bonds is 6. The number of allylic oxidation sites excluding steroid dienone is 1. The van der Waals surface area contributed by atoms with Crippen LogP contribution >= 0.6 is 11.9 Å². The van der Waals surface area contributed by atoms with Gasteiger partial charge in [0.1, 0.15) is 0 Å². The van der Waals surface area contributed by atoms with Crippen LogP contribution < -0.4 is 11.2 Å². The predicted octanol–water partition coefficient (Wildman–Crippen LogP) is 2.99. The fraction of sp³-hybridized carbons (Fsp3) is 0.400. The Balaban J connectivity index is 2.00. The Morgan fingerprint density at radius 3 is 2.75 bits per heavy atom. The van der Waals surface area contributed by atoms with Gasteiger partial charge in [-0.25, -0.2) is 5.43 Å². The Bertz CT molecular complexity index is 510. The SMILES string of the molecule is CCCCNN1CC(C)=C(C(=O)c2ccc(N)cc2)S1. The second kappa shape index (κ2) is 6.92. The molecule has 1 aliphatic rings. The standard InChI is InChI=1S/C15H21N3OS/c1-3-4-9-17-18-10-11(2)15(20-18)14(19)12-5-7-13(16)8-6-12/h5-8,17H,3-4,9-10,16H2,1-2H3. The summed E-state index contributed by atoms with van der Waals surface area (Å²) in [6.07, 6.45) is 2.30. The highest BCUT2D eigenvalue weighted by atomic mass is 32.2. The van der Waals surface area contributed by atoms with Crippen molar-refractivity contribution in [2.75, 3.05) is 18.8 Å². The van der Waals surface area contributed by atoms with Crippen molar-refractivity contribution in [3.63, 3.8) is 0 Å². The first kappa shape index (κ1) is 15.1. The van der Waals surface area contributed by atoms with E-state index in [1.807, 2.05) is 11.3 Å². The number of nitrogens with one attached hydrogen (secondary N) is 1. The molecule has 0 saturated heterocycles. The molecule has 5 heteroatoms. The van der Waals surface area contributed by atoms with Crippen molar-refractivity contribution in [1.82, 2.24) is 9.84 Å². The van der Waals surface area contributed by atoms with Gasteiger partial charge >= 0.3 is 0 Å². The highest BCUT2D eigenvalue weighted by Crippen LogP contribution is 2.33. The number of Topliss-reactive ketones (excluding diaryl/α,β-unsaturated/α-hetero) is 1. The average Bonchev–Trinajstić information content (AvgIpc) is 2.80. The second-order valence-electron chi connectivity index (χ2n) is 4.95. The van der Waals surface area contributed by atoms with Crippen LogP contribution in [0.4, 0.5) is 5.69 Å². The van der Waals surface area contributed by atoms with Gasteiger partial charge in [-0.3, -0.25) is 4.79 Å². The maximum Gasteiger partial charge on any atom is 0.200 e. The van der Waals surface area contributed by atoms with E-state index in [1.54, 1.807) is 24.3 Å². The van der Waals surface area contributed by atoms with Gasteiger partial charge in [0.2, 0.25) is 5.78 Å². The third-order valence-electron chi connectivity index (χ3n) is 3.17. The van der Waals surface area contributed by atoms with Gasteiger partial charge in [0.15, 0.2) is 0 Å². The molecule has 0 spiro atoms. The van der Waals surface area contributed by atoms with Crippen molar-refractivity contribution in [2.45, 2.75) is 26.7 Å². The number of carbonyl (C=O) groups excluding carboxylic acids is 1. The van der Waals surface area contributed by atoms with Crippen molar-refractivity contribution in [3.8, 4) is 0 Å². The quantitative estimate of drug-likeness (QED) is 0.365. The minimum absolute atomic E-state index is 0.0762. The van der Waals surface area contributed by atoms with Crippen molar-refractivity contribution >= 4 is 23.4 Å². The molecule has 108 valence electrons. The van der Waals surface area contributed by atoms with Crippen molar-refractivity contribution in [2.24, 2.45) is 0 Å². The fourth-order valence-corrected chi connectivity index (χ4v) is 3.03. The zero-order valence-corrected chi connectivity index (χ0v) is 12.8. The molecule has 1 heterocycles. The molecule has 0 radical (unpaired) electrons. The van der Waals surface area contributed by atoms with Gasteiger partial charge in [-0.1, -0.05) is 13.3 Å². The summed E-state index contributed by atoms with van der Waals surface area (Å²) in [7, 11) is 0. The van der Waals surface area contributed by atoms with E-state index in [1.165, 1.54) is 11.9 Å². The Labute approximate surface area is 124 Å². The second-order valence-corrected chi connectivity index (χ2v) is 5.98. The number of hydrogen-bond acceptors (Lipinski definition) is 5. The lowest BCUT2D eigenvalue weighted by Gasteiger charge is -2.15. The number of carbonyl (C=O) groups is 1. The number of benzene rings is 1. The first-order valence-corrected chi connectivity index (χ1v) is 7.68. The maximum atomic E-state index is 12.5. The molecule has 0 saturated carbocycles. The Hall–Kier alpha value is -1.30. The van der Waals surface area contributed by atoms with E-state index in [0.717, 1.165) is 36.4 Å². The van der Waals surface area contributed by atoms with Crippen molar-refractivity contribution in [1.29, 1.82) is 0 Å². The number of hydrazine groups is 1. The molecule has 0 bridgehead atoms. The van der Waals surface area contributed by atoms with Gasteiger partial charge in [0.25, 0.3) is 0 Å². The number of nitrogens with two attached hydrogens (primary N) is 1. The van der Waals surface area contributed by atoms with Gasteiger partial charge in [-0.05, 0) is 55.1 Å². The molecule has 0 amide bonds. The summed E-state index contributed by atoms with van der Waals surface area (Å²) >= 11 is 1.50. The molecule has 1 aromatic carbocycles. The van der Waals surface area contributed by atoms with E-state index in [-0.39, 0.29) is 5.78 Å². The molecule has 0 fully saturated rings. The van der Waals surface area contributed by atoms with Crippen molar-refractivity contribution in [3.05, 3.63) is 40.3 Å². The Morgan fingerprint density at radius 1 is 1.40 bits per heavy atom. The molecule has 4 nitrogen and oxygen atoms in total. The van der Waals surface area contributed by atoms with Crippen LogP contribution in [-0.2, 0) is 0 Å². The summed E-state index contributed by atoms with van der Waals surface area (Å²) in [6, 6.07) is 7.09. The van der Waals surface area contributed by atoms with Gasteiger partial charge in [-0.15, -0.1) is 0 Å². The van der Waals surface area contributed by atoms with Crippen LogP contribution in [0.2, 0.25) is 0 Å². The van der Waals surface area contributed by atoms with E-state index in [0.29, 0.717) is 11.3 Å². The Morgan fingerprint density at radius 2 is 2.10 bits per heavy atom. The van der Waals surface area contributed by atoms with Gasteiger partial charge < -0.3 is 5.73 Å². The van der Waals surface area contributed by atoms with E-state index in [4.69, 9.17) is 5.73 Å². The molecule has 3 N–H and O–H groups in total.